The Kier molecular flexibility index (Phi) is 5.88. The molecule has 0 bridgehead atoms. The molecule has 0 fully saturated rings. The minimum absolute atomic E-state index is 0.889. The number of furan rings is 1. The Hall–Kier alpha value is -5.14. The average molecular weight is 499 g/mol. The molecule has 1 nitrogen and oxygen atoms in total. The molecule has 0 aliphatic rings. The van der Waals surface area contributed by atoms with Crippen LogP contribution in [0.2, 0.25) is 0 Å². The fourth-order valence-corrected chi connectivity index (χ4v) is 5.56. The first-order chi connectivity index (χ1) is 19.4. The van der Waals surface area contributed by atoms with E-state index in [0.717, 1.165) is 39.0 Å². The van der Waals surface area contributed by atoms with Crippen molar-refractivity contribution >= 4 is 10.8 Å². The first-order valence-electron chi connectivity index (χ1n) is 13.3. The molecule has 184 valence electrons. The molecule has 1 heterocycles. The van der Waals surface area contributed by atoms with Gasteiger partial charge in [-0.2, -0.15) is 0 Å². The quantitative estimate of drug-likeness (QED) is 0.230. The van der Waals surface area contributed by atoms with Gasteiger partial charge < -0.3 is 4.42 Å². The summed E-state index contributed by atoms with van der Waals surface area (Å²) in [6.45, 7) is 0. The van der Waals surface area contributed by atoms with Crippen molar-refractivity contribution in [3.63, 3.8) is 0 Å². The second-order valence-corrected chi connectivity index (χ2v) is 9.68. The van der Waals surface area contributed by atoms with E-state index in [1.165, 1.54) is 27.8 Å². The number of fused-ring (bicyclic) bond motifs is 1. The molecule has 0 aliphatic heterocycles. The van der Waals surface area contributed by atoms with Crippen LogP contribution in [0.4, 0.5) is 0 Å². The van der Waals surface area contributed by atoms with Gasteiger partial charge in [0, 0.05) is 27.5 Å². The van der Waals surface area contributed by atoms with Crippen molar-refractivity contribution in [1.82, 2.24) is 0 Å². The van der Waals surface area contributed by atoms with E-state index >= 15 is 0 Å². The van der Waals surface area contributed by atoms with Crippen LogP contribution < -0.4 is 0 Å². The second-order valence-electron chi connectivity index (χ2n) is 9.68. The van der Waals surface area contributed by atoms with E-state index in [0.29, 0.717) is 0 Å². The Balaban J connectivity index is 1.52. The summed E-state index contributed by atoms with van der Waals surface area (Å²) in [6, 6.07) is 55.3. The SMILES string of the molecule is c1ccc(-c2ccccc2-c2oc(-c3cccc(-c4ccccc4)c3-c3ccccc3)c3ccccc23)cc1. The molecule has 0 spiro atoms. The minimum Gasteiger partial charge on any atom is -0.455 e. The van der Waals surface area contributed by atoms with Crippen LogP contribution in [0, 0.1) is 0 Å². The minimum atomic E-state index is 0.889. The predicted molar refractivity (Wildman–Crippen MR) is 163 cm³/mol. The van der Waals surface area contributed by atoms with Gasteiger partial charge >= 0.3 is 0 Å². The zero-order valence-electron chi connectivity index (χ0n) is 21.4. The summed E-state index contributed by atoms with van der Waals surface area (Å²) in [5.74, 6) is 1.78. The first-order valence-corrected chi connectivity index (χ1v) is 13.3. The highest BCUT2D eigenvalue weighted by atomic mass is 16.3. The zero-order valence-corrected chi connectivity index (χ0v) is 21.4. The summed E-state index contributed by atoms with van der Waals surface area (Å²) in [5.41, 5.74) is 9.21. The standard InChI is InChI=1S/C38H26O/c1-4-15-27(16-5-1)30-21-10-11-22-32(30)37-33-23-12-13-24-34(33)38(39-37)35-26-14-25-31(28-17-6-2-7-18-28)36(35)29-19-8-3-9-20-29/h1-26H. The molecule has 0 amide bonds. The third-order valence-corrected chi connectivity index (χ3v) is 7.33. The molecule has 0 N–H and O–H groups in total. The number of hydrogen-bond acceptors (Lipinski definition) is 1. The van der Waals surface area contributed by atoms with Crippen LogP contribution in [0.5, 0.6) is 0 Å². The van der Waals surface area contributed by atoms with Crippen LogP contribution in [-0.4, -0.2) is 0 Å². The summed E-state index contributed by atoms with van der Waals surface area (Å²) in [7, 11) is 0. The van der Waals surface area contributed by atoms with Gasteiger partial charge in [-0.15, -0.1) is 0 Å². The number of hydrogen-bond donors (Lipinski definition) is 0. The fraction of sp³-hybridized carbons (Fsp3) is 0. The third-order valence-electron chi connectivity index (χ3n) is 7.33. The Labute approximate surface area is 228 Å². The van der Waals surface area contributed by atoms with Crippen LogP contribution in [0.1, 0.15) is 0 Å². The maximum Gasteiger partial charge on any atom is 0.143 e. The molecule has 7 rings (SSSR count). The van der Waals surface area contributed by atoms with Crippen LogP contribution >= 0.6 is 0 Å². The van der Waals surface area contributed by atoms with Crippen LogP contribution in [0.3, 0.4) is 0 Å². The Morgan fingerprint density at radius 2 is 0.692 bits per heavy atom. The van der Waals surface area contributed by atoms with Crippen molar-refractivity contribution in [2.24, 2.45) is 0 Å². The topological polar surface area (TPSA) is 13.1 Å². The Morgan fingerprint density at radius 1 is 0.282 bits per heavy atom. The van der Waals surface area contributed by atoms with Gasteiger partial charge in [0.25, 0.3) is 0 Å². The highest BCUT2D eigenvalue weighted by Crippen LogP contribution is 2.47. The lowest BCUT2D eigenvalue weighted by molar-refractivity contribution is 0.602. The van der Waals surface area contributed by atoms with Crippen molar-refractivity contribution in [2.45, 2.75) is 0 Å². The first kappa shape index (κ1) is 23.0. The largest absolute Gasteiger partial charge is 0.455 e. The lowest BCUT2D eigenvalue weighted by Crippen LogP contribution is -1.90. The summed E-state index contributed by atoms with van der Waals surface area (Å²) >= 11 is 0. The lowest BCUT2D eigenvalue weighted by Gasteiger charge is -2.15. The van der Waals surface area contributed by atoms with Gasteiger partial charge in [0.2, 0.25) is 0 Å². The second kappa shape index (κ2) is 9.96. The highest BCUT2D eigenvalue weighted by Gasteiger charge is 2.22. The summed E-state index contributed by atoms with van der Waals surface area (Å²) in [6.07, 6.45) is 0. The molecular weight excluding hydrogens is 472 g/mol. The smallest absolute Gasteiger partial charge is 0.143 e. The van der Waals surface area contributed by atoms with E-state index in [4.69, 9.17) is 4.42 Å². The van der Waals surface area contributed by atoms with Gasteiger partial charge in [0.05, 0.1) is 0 Å². The molecule has 0 radical (unpaired) electrons. The van der Waals surface area contributed by atoms with Gasteiger partial charge in [-0.1, -0.05) is 158 Å². The fourth-order valence-electron chi connectivity index (χ4n) is 5.56. The summed E-state index contributed by atoms with van der Waals surface area (Å²) < 4.78 is 6.95. The molecule has 0 unspecified atom stereocenters. The maximum absolute atomic E-state index is 6.95. The van der Waals surface area contributed by atoms with Crippen LogP contribution in [0.25, 0.3) is 66.8 Å². The molecule has 39 heavy (non-hydrogen) atoms. The lowest BCUT2D eigenvalue weighted by atomic mass is 9.89. The molecule has 0 atom stereocenters. The monoisotopic (exact) mass is 498 g/mol. The number of benzene rings is 6. The summed E-state index contributed by atoms with van der Waals surface area (Å²) in [5, 5.41) is 2.22. The van der Waals surface area contributed by atoms with Gasteiger partial charge in [0.15, 0.2) is 0 Å². The maximum atomic E-state index is 6.95. The molecule has 0 aliphatic carbocycles. The predicted octanol–water partition coefficient (Wildman–Crippen LogP) is 10.8. The zero-order chi connectivity index (χ0) is 26.0. The van der Waals surface area contributed by atoms with Crippen LogP contribution in [0.15, 0.2) is 162 Å². The van der Waals surface area contributed by atoms with E-state index in [1.54, 1.807) is 0 Å². The van der Waals surface area contributed by atoms with Crippen LogP contribution in [-0.2, 0) is 0 Å². The van der Waals surface area contributed by atoms with Crippen molar-refractivity contribution in [3.05, 3.63) is 158 Å². The highest BCUT2D eigenvalue weighted by molar-refractivity contribution is 6.07. The van der Waals surface area contributed by atoms with Gasteiger partial charge in [-0.25, -0.2) is 0 Å². The van der Waals surface area contributed by atoms with Crippen molar-refractivity contribution < 1.29 is 4.42 Å². The van der Waals surface area contributed by atoms with Crippen molar-refractivity contribution in [3.8, 4) is 56.0 Å². The molecule has 6 aromatic carbocycles. The van der Waals surface area contributed by atoms with E-state index < -0.39 is 0 Å². The molecule has 1 heteroatoms. The molecule has 0 saturated heterocycles. The number of rotatable bonds is 5. The van der Waals surface area contributed by atoms with Gasteiger partial charge in [-0.3, -0.25) is 0 Å². The van der Waals surface area contributed by atoms with Crippen molar-refractivity contribution in [2.75, 3.05) is 0 Å². The van der Waals surface area contributed by atoms with Gasteiger partial charge in [-0.05, 0) is 27.8 Å². The Morgan fingerprint density at radius 3 is 1.31 bits per heavy atom. The molecular formula is C38H26O. The van der Waals surface area contributed by atoms with E-state index in [1.807, 2.05) is 0 Å². The molecule has 7 aromatic rings. The summed E-state index contributed by atoms with van der Waals surface area (Å²) in [4.78, 5) is 0. The van der Waals surface area contributed by atoms with E-state index in [2.05, 4.69) is 158 Å². The van der Waals surface area contributed by atoms with E-state index in [-0.39, 0.29) is 0 Å². The van der Waals surface area contributed by atoms with E-state index in [9.17, 15) is 0 Å². The Bertz CT molecular complexity index is 1880. The normalized spacial score (nSPS) is 11.1. The molecule has 0 saturated carbocycles. The third kappa shape index (κ3) is 4.15. The molecule has 1 aromatic heterocycles. The van der Waals surface area contributed by atoms with Gasteiger partial charge in [0.1, 0.15) is 11.5 Å². The van der Waals surface area contributed by atoms with Crippen molar-refractivity contribution in [1.29, 1.82) is 0 Å². The average Bonchev–Trinajstić information content (AvgIpc) is 3.41.